The molecular formula is C11H6ClF5O. The van der Waals surface area contributed by atoms with Gasteiger partial charge < -0.3 is 4.74 Å². The summed E-state index contributed by atoms with van der Waals surface area (Å²) in [6, 6.07) is 5.85. The Morgan fingerprint density at radius 1 is 1.00 bits per heavy atom. The zero-order valence-corrected chi connectivity index (χ0v) is 9.45. The van der Waals surface area contributed by atoms with Crippen LogP contribution in [0.2, 0.25) is 5.02 Å². The van der Waals surface area contributed by atoms with Crippen LogP contribution >= 0.6 is 11.6 Å². The van der Waals surface area contributed by atoms with Gasteiger partial charge in [-0.25, -0.2) is 4.39 Å². The van der Waals surface area contributed by atoms with Gasteiger partial charge in [0.05, 0.1) is 0 Å². The van der Waals surface area contributed by atoms with Crippen LogP contribution in [0.25, 0.3) is 0 Å². The second-order valence-electron chi connectivity index (χ2n) is 3.71. The monoisotopic (exact) mass is 284 g/mol. The molecule has 0 saturated carbocycles. The molecule has 0 atom stereocenters. The summed E-state index contributed by atoms with van der Waals surface area (Å²) in [6.07, 6.45) is 0. The number of ether oxygens (including phenoxy) is 1. The van der Waals surface area contributed by atoms with Crippen molar-refractivity contribution in [2.45, 2.75) is 18.5 Å². The van der Waals surface area contributed by atoms with Crippen molar-refractivity contribution in [1.29, 1.82) is 0 Å². The molecule has 0 unspecified atom stereocenters. The van der Waals surface area contributed by atoms with E-state index in [1.807, 2.05) is 0 Å². The van der Waals surface area contributed by atoms with Gasteiger partial charge in [0.1, 0.15) is 6.61 Å². The number of hydrogen-bond acceptors (Lipinski definition) is 1. The van der Waals surface area contributed by atoms with Crippen molar-refractivity contribution in [3.63, 3.8) is 0 Å². The summed E-state index contributed by atoms with van der Waals surface area (Å²) in [7, 11) is 0. The highest BCUT2D eigenvalue weighted by Crippen LogP contribution is 2.56. The zero-order chi connectivity index (χ0) is 13.6. The lowest BCUT2D eigenvalue weighted by atomic mass is 9.96. The molecule has 0 aromatic heterocycles. The van der Waals surface area contributed by atoms with E-state index < -0.39 is 30.0 Å². The van der Waals surface area contributed by atoms with Gasteiger partial charge in [0.2, 0.25) is 11.6 Å². The molecule has 1 aromatic rings. The van der Waals surface area contributed by atoms with Crippen LogP contribution in [0, 0.1) is 0 Å². The first kappa shape index (κ1) is 13.1. The first-order chi connectivity index (χ1) is 8.26. The second kappa shape index (κ2) is 4.12. The van der Waals surface area contributed by atoms with E-state index in [2.05, 4.69) is 4.74 Å². The zero-order valence-electron chi connectivity index (χ0n) is 8.69. The lowest BCUT2D eigenvalue weighted by Crippen LogP contribution is -2.53. The minimum Gasteiger partial charge on any atom is -0.484 e. The molecule has 0 aliphatic heterocycles. The van der Waals surface area contributed by atoms with Crippen molar-refractivity contribution in [3.8, 4) is 0 Å². The third-order valence-corrected chi connectivity index (χ3v) is 2.70. The number of halogens is 6. The van der Waals surface area contributed by atoms with Crippen molar-refractivity contribution >= 4 is 11.6 Å². The maximum Gasteiger partial charge on any atom is 0.375 e. The van der Waals surface area contributed by atoms with Crippen LogP contribution in [0.1, 0.15) is 5.56 Å². The van der Waals surface area contributed by atoms with Crippen molar-refractivity contribution in [1.82, 2.24) is 0 Å². The van der Waals surface area contributed by atoms with Crippen LogP contribution in [-0.2, 0) is 11.3 Å². The fourth-order valence-electron chi connectivity index (χ4n) is 1.39. The van der Waals surface area contributed by atoms with E-state index in [0.717, 1.165) is 0 Å². The third kappa shape index (κ3) is 1.84. The predicted octanol–water partition coefficient (Wildman–Crippen LogP) is 4.32. The maximum atomic E-state index is 12.8. The molecule has 0 radical (unpaired) electrons. The van der Waals surface area contributed by atoms with Gasteiger partial charge in [0.25, 0.3) is 0 Å². The van der Waals surface area contributed by atoms with E-state index in [-0.39, 0.29) is 0 Å². The van der Waals surface area contributed by atoms with Crippen LogP contribution in [0.3, 0.4) is 0 Å². The van der Waals surface area contributed by atoms with Crippen LogP contribution in [-0.4, -0.2) is 11.8 Å². The number of hydrogen-bond donors (Lipinski definition) is 0. The van der Waals surface area contributed by atoms with Gasteiger partial charge in [-0.1, -0.05) is 23.7 Å². The molecule has 0 saturated heterocycles. The van der Waals surface area contributed by atoms with Gasteiger partial charge in [0.15, 0.2) is 0 Å². The Balaban J connectivity index is 2.08. The molecule has 0 heterocycles. The third-order valence-electron chi connectivity index (χ3n) is 2.45. The summed E-state index contributed by atoms with van der Waals surface area (Å²) in [6.45, 7) is -0.439. The molecule has 98 valence electrons. The molecule has 1 aliphatic carbocycles. The van der Waals surface area contributed by atoms with E-state index >= 15 is 0 Å². The summed E-state index contributed by atoms with van der Waals surface area (Å²) < 4.78 is 67.6. The summed E-state index contributed by atoms with van der Waals surface area (Å²) in [4.78, 5) is 0. The van der Waals surface area contributed by atoms with Crippen LogP contribution in [0.5, 0.6) is 0 Å². The summed E-state index contributed by atoms with van der Waals surface area (Å²) in [5, 5.41) is 0.421. The minimum atomic E-state index is -4.78. The van der Waals surface area contributed by atoms with Crippen LogP contribution in [0.15, 0.2) is 35.9 Å². The normalized spacial score (nSPS) is 20.6. The molecule has 18 heavy (non-hydrogen) atoms. The van der Waals surface area contributed by atoms with Crippen LogP contribution in [0.4, 0.5) is 22.0 Å². The molecule has 0 amide bonds. The summed E-state index contributed by atoms with van der Waals surface area (Å²) in [5.74, 6) is -13.2. The lowest BCUT2D eigenvalue weighted by molar-refractivity contribution is -0.233. The van der Waals surface area contributed by atoms with Gasteiger partial charge >= 0.3 is 11.8 Å². The largest absolute Gasteiger partial charge is 0.484 e. The molecule has 0 bridgehead atoms. The molecule has 7 heteroatoms. The first-order valence-electron chi connectivity index (χ1n) is 4.80. The summed E-state index contributed by atoms with van der Waals surface area (Å²) >= 11 is 5.59. The fourth-order valence-corrected chi connectivity index (χ4v) is 1.51. The Hall–Kier alpha value is -1.30. The Bertz CT molecular complexity index is 495. The smallest absolute Gasteiger partial charge is 0.375 e. The van der Waals surface area contributed by atoms with Gasteiger partial charge in [-0.05, 0) is 17.7 Å². The molecule has 0 spiro atoms. The number of benzene rings is 1. The average Bonchev–Trinajstić information content (AvgIpc) is 2.31. The number of alkyl halides is 4. The Morgan fingerprint density at radius 3 is 2.06 bits per heavy atom. The topological polar surface area (TPSA) is 9.23 Å². The van der Waals surface area contributed by atoms with Gasteiger partial charge in [0, 0.05) is 5.02 Å². The first-order valence-corrected chi connectivity index (χ1v) is 5.18. The standard InChI is InChI=1S/C11H6ClF5O/c12-7-3-1-6(2-4-7)5-18-9-8(13)10(14,15)11(9,16)17/h1-4H,5H2. The van der Waals surface area contributed by atoms with E-state index in [4.69, 9.17) is 11.6 Å². The van der Waals surface area contributed by atoms with Gasteiger partial charge in [-0.15, -0.1) is 0 Å². The Morgan fingerprint density at radius 2 is 1.56 bits per heavy atom. The quantitative estimate of drug-likeness (QED) is 0.751. The Kier molecular flexibility index (Phi) is 3.01. The highest BCUT2D eigenvalue weighted by atomic mass is 35.5. The fraction of sp³-hybridized carbons (Fsp3) is 0.273. The van der Waals surface area contributed by atoms with Crippen LogP contribution < -0.4 is 0 Å². The Labute approximate surface area is 104 Å². The predicted molar refractivity (Wildman–Crippen MR) is 54.3 cm³/mol. The van der Waals surface area contributed by atoms with E-state index in [1.165, 1.54) is 24.3 Å². The summed E-state index contributed by atoms with van der Waals surface area (Å²) in [5.41, 5.74) is 0.408. The molecule has 1 aliphatic rings. The minimum absolute atomic E-state index is 0.408. The number of allylic oxidation sites excluding steroid dienone is 2. The average molecular weight is 285 g/mol. The molecule has 2 rings (SSSR count). The molecular weight excluding hydrogens is 279 g/mol. The lowest BCUT2D eigenvalue weighted by Gasteiger charge is -2.35. The van der Waals surface area contributed by atoms with E-state index in [9.17, 15) is 22.0 Å². The highest BCUT2D eigenvalue weighted by molar-refractivity contribution is 6.30. The maximum absolute atomic E-state index is 12.8. The van der Waals surface area contributed by atoms with Crippen molar-refractivity contribution in [2.75, 3.05) is 0 Å². The van der Waals surface area contributed by atoms with Crippen molar-refractivity contribution in [2.24, 2.45) is 0 Å². The second-order valence-corrected chi connectivity index (χ2v) is 4.14. The van der Waals surface area contributed by atoms with Crippen molar-refractivity contribution < 1.29 is 26.7 Å². The molecule has 0 N–H and O–H groups in total. The highest BCUT2D eigenvalue weighted by Gasteiger charge is 2.74. The SMILES string of the molecule is FC1=C(OCc2ccc(Cl)cc2)C(F)(F)C1(F)F. The molecule has 0 fully saturated rings. The molecule has 1 nitrogen and oxygen atoms in total. The van der Waals surface area contributed by atoms with E-state index in [1.54, 1.807) is 0 Å². The van der Waals surface area contributed by atoms with Gasteiger partial charge in [-0.3, -0.25) is 0 Å². The molecule has 1 aromatic carbocycles. The van der Waals surface area contributed by atoms with E-state index in [0.29, 0.717) is 10.6 Å². The van der Waals surface area contributed by atoms with Gasteiger partial charge in [-0.2, -0.15) is 17.6 Å². The number of rotatable bonds is 3. The van der Waals surface area contributed by atoms with Crippen molar-refractivity contribution in [3.05, 3.63) is 46.4 Å².